The molecule has 1 heterocycles. The van der Waals surface area contributed by atoms with E-state index in [-0.39, 0.29) is 0 Å². The number of aryl methyl sites for hydroxylation is 1. The average Bonchev–Trinajstić information content (AvgIpc) is 2.80. The minimum atomic E-state index is 0.704. The highest BCUT2D eigenvalue weighted by Crippen LogP contribution is 2.32. The minimum absolute atomic E-state index is 0.704. The molecule has 0 atom stereocenters. The fourth-order valence-electron chi connectivity index (χ4n) is 3.96. The molecular formula is C28H26ClN. The maximum Gasteiger partial charge on any atom is 0.0485 e. The molecule has 150 valence electrons. The van der Waals surface area contributed by atoms with Gasteiger partial charge in [-0.2, -0.15) is 0 Å². The molecular weight excluding hydrogens is 386 g/mol. The van der Waals surface area contributed by atoms with Crippen molar-refractivity contribution >= 4 is 39.7 Å². The summed E-state index contributed by atoms with van der Waals surface area (Å²) in [5, 5.41) is 3.28. The fourth-order valence-corrected chi connectivity index (χ4v) is 4.09. The van der Waals surface area contributed by atoms with E-state index < -0.39 is 0 Å². The van der Waals surface area contributed by atoms with Crippen LogP contribution in [0.2, 0.25) is 0 Å². The lowest BCUT2D eigenvalue weighted by atomic mass is 9.98. The van der Waals surface area contributed by atoms with Crippen LogP contribution in [0.1, 0.15) is 30.5 Å². The van der Waals surface area contributed by atoms with Crippen molar-refractivity contribution in [1.82, 2.24) is 0 Å². The van der Waals surface area contributed by atoms with Gasteiger partial charge in [0.2, 0.25) is 0 Å². The van der Waals surface area contributed by atoms with Crippen molar-refractivity contribution in [1.29, 1.82) is 0 Å². The molecule has 0 amide bonds. The molecule has 0 fully saturated rings. The van der Waals surface area contributed by atoms with E-state index in [1.54, 1.807) is 0 Å². The number of para-hydroxylation sites is 1. The van der Waals surface area contributed by atoms with Gasteiger partial charge >= 0.3 is 0 Å². The van der Waals surface area contributed by atoms with Crippen LogP contribution in [0, 0.1) is 0 Å². The van der Waals surface area contributed by atoms with Gasteiger partial charge in [-0.05, 0) is 65.1 Å². The molecule has 1 aliphatic rings. The summed E-state index contributed by atoms with van der Waals surface area (Å²) in [6.07, 6.45) is 13.4. The molecule has 0 aliphatic carbocycles. The lowest BCUT2D eigenvalue weighted by Gasteiger charge is -2.26. The zero-order chi connectivity index (χ0) is 20.9. The van der Waals surface area contributed by atoms with Crippen LogP contribution in [0.5, 0.6) is 0 Å². The molecule has 0 saturated heterocycles. The molecule has 30 heavy (non-hydrogen) atoms. The number of fused-ring (bicyclic) bond motifs is 2. The predicted molar refractivity (Wildman–Crippen MR) is 133 cm³/mol. The predicted octanol–water partition coefficient (Wildman–Crippen LogP) is 7.98. The number of anilines is 1. The number of hydrogen-bond donors (Lipinski definition) is 0. The van der Waals surface area contributed by atoms with Crippen molar-refractivity contribution in [3.05, 3.63) is 113 Å². The molecule has 2 heteroatoms. The van der Waals surface area contributed by atoms with Crippen molar-refractivity contribution in [3.63, 3.8) is 0 Å². The third-order valence-electron chi connectivity index (χ3n) is 5.57. The molecule has 0 radical (unpaired) electrons. The standard InChI is InChI=1S/C28H26ClN/c1-3-21-13-14-22(26-10-6-5-9-25(21)26)15-17-24(29)18-16-23-19-20-30(4-2)28-12-8-7-11-27(23)28/h5-20H,3-4H2,1-2H3/b17-15+,23-16+,24-18-. The van der Waals surface area contributed by atoms with Crippen LogP contribution >= 0.6 is 11.6 Å². The van der Waals surface area contributed by atoms with Crippen molar-refractivity contribution in [2.75, 3.05) is 11.4 Å². The molecule has 3 aromatic rings. The highest BCUT2D eigenvalue weighted by atomic mass is 35.5. The van der Waals surface area contributed by atoms with Gasteiger partial charge in [-0.3, -0.25) is 0 Å². The Morgan fingerprint density at radius 3 is 2.50 bits per heavy atom. The summed E-state index contributed by atoms with van der Waals surface area (Å²) in [6.45, 7) is 5.31. The molecule has 0 N–H and O–H groups in total. The van der Waals surface area contributed by atoms with Crippen LogP contribution in [-0.2, 0) is 6.42 Å². The van der Waals surface area contributed by atoms with E-state index in [4.69, 9.17) is 11.6 Å². The summed E-state index contributed by atoms with van der Waals surface area (Å²) >= 11 is 6.54. The van der Waals surface area contributed by atoms with E-state index in [1.807, 2.05) is 12.2 Å². The number of nitrogens with zero attached hydrogens (tertiary/aromatic N) is 1. The van der Waals surface area contributed by atoms with E-state index >= 15 is 0 Å². The second-order valence-corrected chi connectivity index (χ2v) is 7.78. The van der Waals surface area contributed by atoms with Crippen LogP contribution in [0.4, 0.5) is 5.69 Å². The third kappa shape index (κ3) is 4.13. The summed E-state index contributed by atoms with van der Waals surface area (Å²) in [6, 6.07) is 21.4. The molecule has 1 aliphatic heterocycles. The van der Waals surface area contributed by atoms with Gasteiger partial charge in [0.15, 0.2) is 0 Å². The second-order valence-electron chi connectivity index (χ2n) is 7.34. The Morgan fingerprint density at radius 1 is 0.933 bits per heavy atom. The first kappa shape index (κ1) is 20.3. The summed E-state index contributed by atoms with van der Waals surface area (Å²) < 4.78 is 0. The Kier molecular flexibility index (Phi) is 6.21. The van der Waals surface area contributed by atoms with Gasteiger partial charge in [-0.1, -0.05) is 85.3 Å². The Labute approximate surface area is 184 Å². The normalized spacial score (nSPS) is 15.4. The number of rotatable bonds is 5. The highest BCUT2D eigenvalue weighted by molar-refractivity contribution is 6.31. The van der Waals surface area contributed by atoms with Crippen LogP contribution in [-0.4, -0.2) is 6.54 Å². The van der Waals surface area contributed by atoms with Crippen LogP contribution in [0.15, 0.2) is 96.2 Å². The van der Waals surface area contributed by atoms with Gasteiger partial charge in [0.1, 0.15) is 0 Å². The highest BCUT2D eigenvalue weighted by Gasteiger charge is 2.13. The average molecular weight is 412 g/mol. The molecule has 0 saturated carbocycles. The summed E-state index contributed by atoms with van der Waals surface area (Å²) in [5.41, 5.74) is 6.19. The molecule has 0 aromatic heterocycles. The lowest BCUT2D eigenvalue weighted by molar-refractivity contribution is 1.01. The quantitative estimate of drug-likeness (QED) is 0.384. The van der Waals surface area contributed by atoms with E-state index in [1.165, 1.54) is 38.7 Å². The molecule has 3 aromatic carbocycles. The zero-order valence-electron chi connectivity index (χ0n) is 17.5. The number of halogens is 1. The van der Waals surface area contributed by atoms with Crippen molar-refractivity contribution in [3.8, 4) is 0 Å². The van der Waals surface area contributed by atoms with Gasteiger partial charge in [0.05, 0.1) is 0 Å². The monoisotopic (exact) mass is 411 g/mol. The summed E-state index contributed by atoms with van der Waals surface area (Å²) in [4.78, 5) is 2.25. The van der Waals surface area contributed by atoms with E-state index in [2.05, 4.69) is 104 Å². The Bertz CT molecular complexity index is 1180. The Morgan fingerprint density at radius 2 is 1.70 bits per heavy atom. The van der Waals surface area contributed by atoms with Gasteiger partial charge in [-0.15, -0.1) is 0 Å². The number of hydrogen-bond acceptors (Lipinski definition) is 1. The first-order valence-electron chi connectivity index (χ1n) is 10.5. The summed E-state index contributed by atoms with van der Waals surface area (Å²) in [5.74, 6) is 0. The van der Waals surface area contributed by atoms with Crippen molar-refractivity contribution in [2.24, 2.45) is 0 Å². The van der Waals surface area contributed by atoms with E-state index in [9.17, 15) is 0 Å². The molecule has 1 nitrogen and oxygen atoms in total. The van der Waals surface area contributed by atoms with Crippen molar-refractivity contribution in [2.45, 2.75) is 20.3 Å². The largest absolute Gasteiger partial charge is 0.348 e. The fraction of sp³-hybridized carbons (Fsp3) is 0.143. The summed E-state index contributed by atoms with van der Waals surface area (Å²) in [7, 11) is 0. The van der Waals surface area contributed by atoms with Crippen molar-refractivity contribution < 1.29 is 0 Å². The topological polar surface area (TPSA) is 3.24 Å². The smallest absolute Gasteiger partial charge is 0.0485 e. The van der Waals surface area contributed by atoms with Crippen LogP contribution in [0.3, 0.4) is 0 Å². The third-order valence-corrected chi connectivity index (χ3v) is 5.82. The molecule has 4 rings (SSSR count). The maximum absolute atomic E-state index is 6.54. The minimum Gasteiger partial charge on any atom is -0.348 e. The van der Waals surface area contributed by atoms with Gasteiger partial charge in [0, 0.05) is 29.0 Å². The Balaban J connectivity index is 1.62. The molecule has 0 unspecified atom stereocenters. The lowest BCUT2D eigenvalue weighted by Crippen LogP contribution is -2.18. The van der Waals surface area contributed by atoms with E-state index in [0.717, 1.165) is 13.0 Å². The first-order chi connectivity index (χ1) is 14.7. The van der Waals surface area contributed by atoms with Gasteiger partial charge in [0.25, 0.3) is 0 Å². The number of allylic oxidation sites excluding steroid dienone is 6. The number of benzene rings is 3. The van der Waals surface area contributed by atoms with Crippen LogP contribution < -0.4 is 4.90 Å². The SMILES string of the molecule is CCc1ccc(/C=C/C(Cl)=C/C=C2\C=CN(CC)c3ccccc32)c2ccccc12. The maximum atomic E-state index is 6.54. The van der Waals surface area contributed by atoms with Gasteiger partial charge in [-0.25, -0.2) is 0 Å². The second kappa shape index (κ2) is 9.19. The van der Waals surface area contributed by atoms with Gasteiger partial charge < -0.3 is 4.90 Å². The molecule has 0 bridgehead atoms. The molecule has 0 spiro atoms. The van der Waals surface area contributed by atoms with Crippen LogP contribution in [0.25, 0.3) is 22.4 Å². The zero-order valence-corrected chi connectivity index (χ0v) is 18.2. The Hall–Kier alpha value is -3.03. The first-order valence-corrected chi connectivity index (χ1v) is 10.9. The van der Waals surface area contributed by atoms with E-state index in [0.29, 0.717) is 5.03 Å².